The predicted molar refractivity (Wildman–Crippen MR) is 125 cm³/mol. The van der Waals surface area contributed by atoms with E-state index in [0.717, 1.165) is 0 Å². The average Bonchev–Trinajstić information content (AvgIpc) is 3.18. The average molecular weight is 487 g/mol. The molecule has 0 radical (unpaired) electrons. The zero-order valence-electron chi connectivity index (χ0n) is 18.9. The number of carbonyl (C=O) groups excluding carboxylic acids is 2. The van der Waals surface area contributed by atoms with E-state index in [2.05, 4.69) is 0 Å². The van der Waals surface area contributed by atoms with Crippen molar-refractivity contribution in [2.24, 2.45) is 5.92 Å². The summed E-state index contributed by atoms with van der Waals surface area (Å²) in [6.45, 7) is 2.83. The van der Waals surface area contributed by atoms with E-state index >= 15 is 0 Å². The van der Waals surface area contributed by atoms with Crippen LogP contribution in [0.4, 0.5) is 4.39 Å². The first-order valence-electron chi connectivity index (χ1n) is 11.3. The zero-order valence-corrected chi connectivity index (χ0v) is 19.8. The van der Waals surface area contributed by atoms with Crippen molar-refractivity contribution in [2.75, 3.05) is 19.7 Å². The fourth-order valence-electron chi connectivity index (χ4n) is 4.42. The van der Waals surface area contributed by atoms with E-state index in [1.54, 1.807) is 46.7 Å². The van der Waals surface area contributed by atoms with Crippen molar-refractivity contribution in [1.82, 2.24) is 9.47 Å². The van der Waals surface area contributed by atoms with Gasteiger partial charge in [-0.15, -0.1) is 0 Å². The van der Waals surface area contributed by atoms with E-state index in [1.165, 1.54) is 24.4 Å². The number of carbonyl (C=O) groups is 2. The fourth-order valence-corrected chi connectivity index (χ4v) is 5.99. The molecule has 1 atom stereocenters. The summed E-state index contributed by atoms with van der Waals surface area (Å²) in [5.41, 5.74) is 0.971. The molecule has 0 saturated carbocycles. The first-order valence-corrected chi connectivity index (χ1v) is 12.9. The Morgan fingerprint density at radius 2 is 1.94 bits per heavy atom. The van der Waals surface area contributed by atoms with E-state index in [1.807, 2.05) is 0 Å². The lowest BCUT2D eigenvalue weighted by Crippen LogP contribution is -2.44. The number of amides is 1. The van der Waals surface area contributed by atoms with Crippen molar-refractivity contribution in [3.8, 4) is 0 Å². The number of hydrogen-bond donors (Lipinski definition) is 0. The molecule has 1 aliphatic rings. The van der Waals surface area contributed by atoms with Gasteiger partial charge >= 0.3 is 5.97 Å². The van der Waals surface area contributed by atoms with Crippen LogP contribution < -0.4 is 0 Å². The van der Waals surface area contributed by atoms with Crippen LogP contribution in [0.15, 0.2) is 59.6 Å². The molecule has 180 valence electrons. The number of sulfone groups is 1. The molecule has 34 heavy (non-hydrogen) atoms. The molecule has 2 heterocycles. The minimum Gasteiger partial charge on any atom is -0.466 e. The van der Waals surface area contributed by atoms with E-state index in [9.17, 15) is 22.4 Å². The van der Waals surface area contributed by atoms with Gasteiger partial charge in [0.2, 0.25) is 5.91 Å². The lowest BCUT2D eigenvalue weighted by Gasteiger charge is -2.31. The minimum atomic E-state index is -3.80. The maximum Gasteiger partial charge on any atom is 0.310 e. The van der Waals surface area contributed by atoms with E-state index < -0.39 is 15.7 Å². The molecular formula is C25H27FN2O5S. The van der Waals surface area contributed by atoms with Crippen molar-refractivity contribution < 1.29 is 27.1 Å². The van der Waals surface area contributed by atoms with Crippen LogP contribution in [0.25, 0.3) is 10.9 Å². The number of hydrogen-bond acceptors (Lipinski definition) is 5. The van der Waals surface area contributed by atoms with Crippen LogP contribution in [-0.2, 0) is 36.5 Å². The zero-order chi connectivity index (χ0) is 24.3. The summed E-state index contributed by atoms with van der Waals surface area (Å²) in [6, 6.07) is 12.5. The Labute approximate surface area is 198 Å². The van der Waals surface area contributed by atoms with Gasteiger partial charge in [0, 0.05) is 30.2 Å². The highest BCUT2D eigenvalue weighted by Crippen LogP contribution is 2.29. The predicted octanol–water partition coefficient (Wildman–Crippen LogP) is 3.56. The van der Waals surface area contributed by atoms with Gasteiger partial charge in [0.1, 0.15) is 12.4 Å². The molecule has 1 unspecified atom stereocenters. The molecule has 3 aromatic rings. The number of fused-ring (bicyclic) bond motifs is 1. The minimum absolute atomic E-state index is 0.0501. The normalized spacial score (nSPS) is 16.5. The fraction of sp³-hybridized carbons (Fsp3) is 0.360. The maximum atomic E-state index is 13.6. The van der Waals surface area contributed by atoms with Gasteiger partial charge in [0.15, 0.2) is 9.84 Å². The number of piperidine rings is 1. The third-order valence-electron chi connectivity index (χ3n) is 6.03. The van der Waals surface area contributed by atoms with Crippen LogP contribution in [0.5, 0.6) is 0 Å². The highest BCUT2D eigenvalue weighted by Gasteiger charge is 2.30. The standard InChI is InChI=1S/C25H27FN2O5S/c1-2-33-25(30)19-8-6-12-27(14-19)24(29)16-28-15-23(21-10-3-4-11-22(21)28)34(31,32)17-18-7-5-9-20(26)13-18/h3-5,7,9-11,13,15,19H,2,6,8,12,14,16-17H2,1H3. The van der Waals surface area contributed by atoms with Gasteiger partial charge in [-0.1, -0.05) is 30.3 Å². The largest absolute Gasteiger partial charge is 0.466 e. The van der Waals surface area contributed by atoms with Gasteiger partial charge in [-0.3, -0.25) is 9.59 Å². The summed E-state index contributed by atoms with van der Waals surface area (Å²) in [7, 11) is -3.80. The molecule has 1 aliphatic heterocycles. The third-order valence-corrected chi connectivity index (χ3v) is 7.74. The summed E-state index contributed by atoms with van der Waals surface area (Å²) in [4.78, 5) is 27.0. The Balaban J connectivity index is 1.58. The lowest BCUT2D eigenvalue weighted by molar-refractivity contribution is -0.151. The molecule has 1 amide bonds. The highest BCUT2D eigenvalue weighted by atomic mass is 32.2. The Hall–Kier alpha value is -3.20. The molecule has 0 bridgehead atoms. The third kappa shape index (κ3) is 5.14. The van der Waals surface area contributed by atoms with E-state index in [-0.39, 0.29) is 35.0 Å². The maximum absolute atomic E-state index is 13.6. The van der Waals surface area contributed by atoms with Crippen LogP contribution in [0.1, 0.15) is 25.3 Å². The second-order valence-corrected chi connectivity index (χ2v) is 10.4. The van der Waals surface area contributed by atoms with Gasteiger partial charge in [-0.2, -0.15) is 0 Å². The molecule has 0 spiro atoms. The highest BCUT2D eigenvalue weighted by molar-refractivity contribution is 7.90. The number of nitrogens with zero attached hydrogens (tertiary/aromatic N) is 2. The monoisotopic (exact) mass is 486 g/mol. The smallest absolute Gasteiger partial charge is 0.310 e. The van der Waals surface area contributed by atoms with Crippen molar-refractivity contribution in [1.29, 1.82) is 0 Å². The van der Waals surface area contributed by atoms with Crippen LogP contribution in [-0.4, -0.2) is 49.5 Å². The molecule has 0 aliphatic carbocycles. The number of benzene rings is 2. The van der Waals surface area contributed by atoms with Crippen molar-refractivity contribution >= 4 is 32.6 Å². The molecule has 0 N–H and O–H groups in total. The van der Waals surface area contributed by atoms with Crippen LogP contribution in [0, 0.1) is 11.7 Å². The van der Waals surface area contributed by atoms with E-state index in [4.69, 9.17) is 4.74 Å². The first kappa shape index (κ1) is 23.9. The van der Waals surface area contributed by atoms with Crippen LogP contribution in [0.2, 0.25) is 0 Å². The summed E-state index contributed by atoms with van der Waals surface area (Å²) in [5.74, 6) is -1.68. The van der Waals surface area contributed by atoms with Gasteiger partial charge < -0.3 is 14.2 Å². The second kappa shape index (κ2) is 9.97. The Morgan fingerprint density at radius 1 is 1.15 bits per heavy atom. The summed E-state index contributed by atoms with van der Waals surface area (Å²) in [6.07, 6.45) is 2.86. The number of likely N-dealkylation sites (tertiary alicyclic amines) is 1. The summed E-state index contributed by atoms with van der Waals surface area (Å²) in [5, 5.41) is 0.509. The number of rotatable bonds is 7. The van der Waals surface area contributed by atoms with E-state index in [0.29, 0.717) is 49.0 Å². The van der Waals surface area contributed by atoms with Gasteiger partial charge in [0.25, 0.3) is 0 Å². The Bertz CT molecular complexity index is 1320. The number of halogens is 1. The molecule has 7 nitrogen and oxygen atoms in total. The number of ether oxygens (including phenoxy) is 1. The number of aromatic nitrogens is 1. The Kier molecular flexibility index (Phi) is 7.02. The summed E-state index contributed by atoms with van der Waals surface area (Å²) >= 11 is 0. The molecule has 9 heteroatoms. The van der Waals surface area contributed by atoms with Crippen molar-refractivity contribution in [3.63, 3.8) is 0 Å². The van der Waals surface area contributed by atoms with Gasteiger partial charge in [-0.25, -0.2) is 12.8 Å². The first-order chi connectivity index (χ1) is 16.3. The SMILES string of the molecule is CCOC(=O)C1CCCN(C(=O)Cn2cc(S(=O)(=O)Cc3cccc(F)c3)c3ccccc32)C1. The Morgan fingerprint density at radius 3 is 2.71 bits per heavy atom. The van der Waals surface area contributed by atoms with Gasteiger partial charge in [-0.05, 0) is 43.5 Å². The molecule has 1 aromatic heterocycles. The molecular weight excluding hydrogens is 459 g/mol. The van der Waals surface area contributed by atoms with Crippen molar-refractivity contribution in [2.45, 2.75) is 37.0 Å². The summed E-state index contributed by atoms with van der Waals surface area (Å²) < 4.78 is 46.8. The lowest BCUT2D eigenvalue weighted by atomic mass is 9.98. The number of para-hydroxylation sites is 1. The molecule has 2 aromatic carbocycles. The van der Waals surface area contributed by atoms with Gasteiger partial charge in [0.05, 0.1) is 23.2 Å². The quantitative estimate of drug-likeness (QED) is 0.477. The van der Waals surface area contributed by atoms with Crippen LogP contribution >= 0.6 is 0 Å². The van der Waals surface area contributed by atoms with Crippen molar-refractivity contribution in [3.05, 3.63) is 66.1 Å². The molecule has 4 rings (SSSR count). The van der Waals surface area contributed by atoms with Crippen LogP contribution in [0.3, 0.4) is 0 Å². The number of esters is 1. The molecule has 1 fully saturated rings. The molecule has 1 saturated heterocycles. The topological polar surface area (TPSA) is 85.7 Å². The second-order valence-electron chi connectivity index (χ2n) is 8.46.